The Balaban J connectivity index is 1.71. The number of nitrogens with one attached hydrogen (secondary N) is 1. The first-order valence-electron chi connectivity index (χ1n) is 12.3. The van der Waals surface area contributed by atoms with E-state index in [-0.39, 0.29) is 11.4 Å². The zero-order chi connectivity index (χ0) is 29.6. The Kier molecular flexibility index (Phi) is 8.64. The molecule has 0 bridgehead atoms. The molecule has 0 aliphatic heterocycles. The van der Waals surface area contributed by atoms with Gasteiger partial charge in [-0.15, -0.1) is 11.3 Å². The summed E-state index contributed by atoms with van der Waals surface area (Å²) in [5.41, 5.74) is 0.397. The average Bonchev–Trinajstić information content (AvgIpc) is 3.43. The number of nitrogens with zero attached hydrogens (tertiary/aromatic N) is 2. The summed E-state index contributed by atoms with van der Waals surface area (Å²) in [7, 11) is -4.64. The monoisotopic (exact) mass is 639 g/mol. The predicted molar refractivity (Wildman–Crippen MR) is 145 cm³/mol. The van der Waals surface area contributed by atoms with Gasteiger partial charge in [-0.3, -0.25) is 4.79 Å². The van der Waals surface area contributed by atoms with Gasteiger partial charge in [0.05, 0.1) is 26.0 Å². The van der Waals surface area contributed by atoms with E-state index in [0.29, 0.717) is 51.9 Å². The third-order valence-electron chi connectivity index (χ3n) is 6.78. The van der Waals surface area contributed by atoms with E-state index < -0.39 is 43.5 Å². The van der Waals surface area contributed by atoms with E-state index in [0.717, 1.165) is 25.3 Å². The SMILES string of the molecule is CC(NS(=O)(=O)c1ccc(-c2sc(-c3cc(CC(C)(C)C(=O)O)on3)nc2CC2CCC2)c(Cl)c1Cl)C(F)(F)F. The zero-order valence-corrected chi connectivity index (χ0v) is 24.7. The van der Waals surface area contributed by atoms with Crippen LogP contribution >= 0.6 is 34.5 Å². The smallest absolute Gasteiger partial charge is 0.404 e. The fraction of sp³-hybridized carbons (Fsp3) is 0.480. The molecule has 0 amide bonds. The number of aromatic nitrogens is 2. The molecule has 3 aromatic rings. The second kappa shape index (κ2) is 11.2. The molecule has 1 aliphatic carbocycles. The van der Waals surface area contributed by atoms with Crippen LogP contribution in [0.4, 0.5) is 13.2 Å². The largest absolute Gasteiger partial charge is 0.481 e. The highest BCUT2D eigenvalue weighted by Gasteiger charge is 2.39. The van der Waals surface area contributed by atoms with E-state index >= 15 is 0 Å². The van der Waals surface area contributed by atoms with E-state index in [1.54, 1.807) is 24.6 Å². The number of carbonyl (C=O) groups is 1. The van der Waals surface area contributed by atoms with Crippen molar-refractivity contribution in [2.45, 2.75) is 70.0 Å². The lowest BCUT2D eigenvalue weighted by Gasteiger charge is -2.24. The molecule has 0 radical (unpaired) electrons. The Hall–Kier alpha value is -2.19. The van der Waals surface area contributed by atoms with Crippen LogP contribution in [0.15, 0.2) is 27.6 Å². The van der Waals surface area contributed by atoms with E-state index in [2.05, 4.69) is 5.16 Å². The van der Waals surface area contributed by atoms with Crippen molar-refractivity contribution in [2.24, 2.45) is 11.3 Å². The van der Waals surface area contributed by atoms with Crippen LogP contribution in [0.1, 0.15) is 51.5 Å². The molecule has 1 unspecified atom stereocenters. The average molecular weight is 641 g/mol. The summed E-state index contributed by atoms with van der Waals surface area (Å²) in [4.78, 5) is 16.3. The van der Waals surface area contributed by atoms with E-state index in [9.17, 15) is 31.5 Å². The third kappa shape index (κ3) is 6.48. The standard InChI is InChI=1S/C25H26Cl2F3N3O5S2/c1-12(25(28,29)30)33-40(36,37)18-8-7-15(19(26)20(18)27)21-16(9-13-5-4-6-13)31-22(39-21)17-10-14(38-32-17)11-24(2,3)23(34)35/h7-8,10,12-13,33H,4-6,9,11H2,1-3H3,(H,34,35). The molecule has 2 N–H and O–H groups in total. The summed E-state index contributed by atoms with van der Waals surface area (Å²) in [6.07, 6.45) is -0.893. The van der Waals surface area contributed by atoms with Gasteiger partial charge >= 0.3 is 12.1 Å². The molecule has 1 aliphatic rings. The quantitative estimate of drug-likeness (QED) is 0.245. The second-order valence-corrected chi connectivity index (χ2v) is 13.9. The minimum Gasteiger partial charge on any atom is -0.481 e. The van der Waals surface area contributed by atoms with Gasteiger partial charge in [0, 0.05) is 18.1 Å². The molecule has 4 rings (SSSR count). The van der Waals surface area contributed by atoms with Crippen molar-refractivity contribution in [3.05, 3.63) is 39.7 Å². The maximum absolute atomic E-state index is 13.0. The Morgan fingerprint density at radius 3 is 2.50 bits per heavy atom. The van der Waals surface area contributed by atoms with Crippen LogP contribution in [0.2, 0.25) is 10.0 Å². The third-order valence-corrected chi connectivity index (χ3v) is 10.5. The number of sulfonamides is 1. The van der Waals surface area contributed by atoms with Gasteiger partial charge in [0.25, 0.3) is 0 Å². The minimum absolute atomic E-state index is 0.112. The van der Waals surface area contributed by atoms with Crippen LogP contribution in [0, 0.1) is 11.3 Å². The number of carboxylic acid groups (broad SMARTS) is 1. The number of thiazole rings is 1. The van der Waals surface area contributed by atoms with Gasteiger partial charge in [-0.25, -0.2) is 13.4 Å². The first-order valence-corrected chi connectivity index (χ1v) is 15.3. The van der Waals surface area contributed by atoms with Crippen molar-refractivity contribution in [2.75, 3.05) is 0 Å². The number of rotatable bonds is 10. The van der Waals surface area contributed by atoms with Crippen molar-refractivity contribution in [1.29, 1.82) is 0 Å². The Morgan fingerprint density at radius 2 is 1.93 bits per heavy atom. The Bertz CT molecular complexity index is 1530. The van der Waals surface area contributed by atoms with Gasteiger partial charge in [0.15, 0.2) is 0 Å². The number of halogens is 5. The van der Waals surface area contributed by atoms with E-state index in [1.807, 2.05) is 0 Å². The van der Waals surface area contributed by atoms with Crippen molar-refractivity contribution < 1.29 is 36.0 Å². The van der Waals surface area contributed by atoms with Crippen LogP contribution in [0.5, 0.6) is 0 Å². The molecule has 2 aromatic heterocycles. The molecule has 1 saturated carbocycles. The fourth-order valence-corrected chi connectivity index (χ4v) is 7.30. The van der Waals surface area contributed by atoms with Gasteiger partial charge in [0.2, 0.25) is 10.0 Å². The fourth-order valence-electron chi connectivity index (χ4n) is 4.07. The Labute approximate surface area is 242 Å². The summed E-state index contributed by atoms with van der Waals surface area (Å²) >= 11 is 14.1. The molecular weight excluding hydrogens is 614 g/mol. The molecule has 1 atom stereocenters. The maximum Gasteiger partial charge on any atom is 0.404 e. The second-order valence-electron chi connectivity index (χ2n) is 10.5. The highest BCUT2D eigenvalue weighted by atomic mass is 35.5. The highest BCUT2D eigenvalue weighted by Crippen LogP contribution is 2.45. The van der Waals surface area contributed by atoms with Crippen LogP contribution in [0.25, 0.3) is 21.1 Å². The topological polar surface area (TPSA) is 122 Å². The molecule has 0 saturated heterocycles. The van der Waals surface area contributed by atoms with Crippen molar-refractivity contribution in [3.63, 3.8) is 0 Å². The molecule has 40 heavy (non-hydrogen) atoms. The number of carboxylic acids is 1. The maximum atomic E-state index is 13.0. The predicted octanol–water partition coefficient (Wildman–Crippen LogP) is 7.00. The number of aliphatic carboxylic acids is 1. The number of benzene rings is 1. The van der Waals surface area contributed by atoms with Gasteiger partial charge in [0.1, 0.15) is 27.4 Å². The number of hydrogen-bond acceptors (Lipinski definition) is 7. The molecule has 2 heterocycles. The number of hydrogen-bond donors (Lipinski definition) is 2. The Morgan fingerprint density at radius 1 is 1.25 bits per heavy atom. The molecule has 15 heteroatoms. The first kappa shape index (κ1) is 30.8. The van der Waals surface area contributed by atoms with Gasteiger partial charge in [-0.1, -0.05) is 53.7 Å². The lowest BCUT2D eigenvalue weighted by molar-refractivity contribution is -0.147. The zero-order valence-electron chi connectivity index (χ0n) is 21.6. The van der Waals surface area contributed by atoms with E-state index in [1.165, 1.54) is 17.4 Å². The minimum atomic E-state index is -4.79. The van der Waals surface area contributed by atoms with Gasteiger partial charge < -0.3 is 9.63 Å². The lowest BCUT2D eigenvalue weighted by Crippen LogP contribution is -2.43. The highest BCUT2D eigenvalue weighted by molar-refractivity contribution is 7.89. The van der Waals surface area contributed by atoms with Crippen LogP contribution < -0.4 is 4.72 Å². The molecular formula is C25H26Cl2F3N3O5S2. The molecule has 1 fully saturated rings. The lowest BCUT2D eigenvalue weighted by atomic mass is 9.82. The van der Waals surface area contributed by atoms with Gasteiger partial charge in [-0.2, -0.15) is 17.9 Å². The first-order chi connectivity index (χ1) is 18.5. The molecule has 218 valence electrons. The number of alkyl halides is 3. The molecule has 8 nitrogen and oxygen atoms in total. The molecule has 0 spiro atoms. The summed E-state index contributed by atoms with van der Waals surface area (Å²) in [5.74, 6) is -0.208. The van der Waals surface area contributed by atoms with Crippen molar-refractivity contribution in [1.82, 2.24) is 14.9 Å². The summed E-state index contributed by atoms with van der Waals surface area (Å²) < 4.78 is 71.2. The summed E-state index contributed by atoms with van der Waals surface area (Å²) in [5, 5.41) is 13.4. The summed E-state index contributed by atoms with van der Waals surface area (Å²) in [6, 6.07) is 1.80. The van der Waals surface area contributed by atoms with E-state index in [4.69, 9.17) is 32.7 Å². The van der Waals surface area contributed by atoms with Crippen molar-refractivity contribution in [3.8, 4) is 21.1 Å². The summed E-state index contributed by atoms with van der Waals surface area (Å²) in [6.45, 7) is 3.83. The normalized spacial score (nSPS) is 15.7. The van der Waals surface area contributed by atoms with Crippen molar-refractivity contribution >= 4 is 50.5 Å². The van der Waals surface area contributed by atoms with Crippen LogP contribution in [-0.4, -0.2) is 41.9 Å². The molecule has 1 aromatic carbocycles. The van der Waals surface area contributed by atoms with Gasteiger partial charge in [-0.05, 0) is 39.2 Å². The van der Waals surface area contributed by atoms with Crippen LogP contribution in [0.3, 0.4) is 0 Å². The van der Waals surface area contributed by atoms with Crippen LogP contribution in [-0.2, 0) is 27.7 Å².